The molecular weight excluding hydrogens is 224 g/mol. The zero-order valence-corrected chi connectivity index (χ0v) is 9.39. The summed E-state index contributed by atoms with van der Waals surface area (Å²) in [6.07, 6.45) is 0.651. The molecule has 3 heterocycles. The average Bonchev–Trinajstić information content (AvgIpc) is 2.73. The lowest BCUT2D eigenvalue weighted by Crippen LogP contribution is -2.27. The largest absolute Gasteiger partial charge is 0.464 e. The molecule has 2 aromatic heterocycles. The van der Waals surface area contributed by atoms with Gasteiger partial charge in [0.05, 0.1) is 31.1 Å². The van der Waals surface area contributed by atoms with E-state index in [1.54, 1.807) is 0 Å². The van der Waals surface area contributed by atoms with E-state index in [1.165, 1.54) is 4.52 Å². The number of fused-ring (bicyclic) bond motifs is 2. The van der Waals surface area contributed by atoms with Crippen LogP contribution in [0.3, 0.4) is 0 Å². The molecule has 0 fully saturated rings. The van der Waals surface area contributed by atoms with Crippen molar-refractivity contribution in [1.82, 2.24) is 19.6 Å². The van der Waals surface area contributed by atoms with Gasteiger partial charge in [-0.3, -0.25) is 4.79 Å². The molecule has 0 atom stereocenters. The lowest BCUT2D eigenvalue weighted by molar-refractivity contribution is 0.108. The quantitative estimate of drug-likeness (QED) is 0.786. The fourth-order valence-electron chi connectivity index (χ4n) is 1.87. The van der Waals surface area contributed by atoms with Crippen molar-refractivity contribution in [3.05, 3.63) is 21.6 Å². The highest BCUT2D eigenvalue weighted by atomic mass is 16.5. The van der Waals surface area contributed by atoms with Gasteiger partial charge < -0.3 is 9.47 Å². The molecule has 0 saturated carbocycles. The van der Waals surface area contributed by atoms with Crippen LogP contribution in [0.5, 0.6) is 6.01 Å². The number of nitrogens with zero attached hydrogens (tertiary/aromatic N) is 3. The molecule has 1 aliphatic rings. The maximum absolute atomic E-state index is 12.1. The standard InChI is InChI=1S/C10H12N4O3/c1-2-17-10-12-9-11-7-3-4-16-5-6(7)8(15)14(9)13-10/h2-5H2,1H3,(H,11,12,13). The van der Waals surface area contributed by atoms with E-state index < -0.39 is 0 Å². The van der Waals surface area contributed by atoms with Gasteiger partial charge in [0.1, 0.15) is 0 Å². The summed E-state index contributed by atoms with van der Waals surface area (Å²) in [7, 11) is 0. The van der Waals surface area contributed by atoms with Crippen molar-refractivity contribution >= 4 is 5.78 Å². The van der Waals surface area contributed by atoms with Crippen molar-refractivity contribution < 1.29 is 9.47 Å². The third-order valence-corrected chi connectivity index (χ3v) is 2.66. The smallest absolute Gasteiger partial charge is 0.312 e. The Hall–Kier alpha value is -1.89. The van der Waals surface area contributed by atoms with Gasteiger partial charge in [0.15, 0.2) is 0 Å². The van der Waals surface area contributed by atoms with E-state index in [4.69, 9.17) is 9.47 Å². The Morgan fingerprint density at radius 3 is 3.24 bits per heavy atom. The summed E-state index contributed by atoms with van der Waals surface area (Å²) in [4.78, 5) is 20.6. The summed E-state index contributed by atoms with van der Waals surface area (Å²) < 4.78 is 11.8. The first-order chi connectivity index (χ1) is 8.29. The topological polar surface area (TPSA) is 81.5 Å². The summed E-state index contributed by atoms with van der Waals surface area (Å²) in [5.41, 5.74) is 1.21. The van der Waals surface area contributed by atoms with Crippen molar-refractivity contribution in [3.63, 3.8) is 0 Å². The molecule has 7 nitrogen and oxygen atoms in total. The van der Waals surface area contributed by atoms with E-state index >= 15 is 0 Å². The summed E-state index contributed by atoms with van der Waals surface area (Å²) in [6, 6.07) is 0.306. The Morgan fingerprint density at radius 1 is 1.53 bits per heavy atom. The van der Waals surface area contributed by atoms with Crippen molar-refractivity contribution in [2.45, 2.75) is 20.0 Å². The zero-order chi connectivity index (χ0) is 11.8. The average molecular weight is 236 g/mol. The molecule has 0 aliphatic carbocycles. The molecule has 0 bridgehead atoms. The van der Waals surface area contributed by atoms with Gasteiger partial charge in [-0.1, -0.05) is 0 Å². The van der Waals surface area contributed by atoms with Gasteiger partial charge in [-0.25, -0.2) is 10.1 Å². The Balaban J connectivity index is 2.22. The second-order valence-corrected chi connectivity index (χ2v) is 3.74. The summed E-state index contributed by atoms with van der Waals surface area (Å²) in [6.45, 7) is 3.24. The third-order valence-electron chi connectivity index (χ3n) is 2.66. The van der Waals surface area contributed by atoms with Gasteiger partial charge in [0, 0.05) is 6.42 Å². The van der Waals surface area contributed by atoms with E-state index in [0.29, 0.717) is 43.6 Å². The summed E-state index contributed by atoms with van der Waals surface area (Å²) >= 11 is 0. The minimum atomic E-state index is -0.164. The molecule has 1 aliphatic heterocycles. The van der Waals surface area contributed by atoms with Gasteiger partial charge in [-0.15, -0.1) is 0 Å². The first kappa shape index (κ1) is 10.3. The highest BCUT2D eigenvalue weighted by Crippen LogP contribution is 2.12. The van der Waals surface area contributed by atoms with Crippen LogP contribution in [0.1, 0.15) is 18.2 Å². The third kappa shape index (κ3) is 1.59. The number of hydrogen-bond donors (Lipinski definition) is 1. The lowest BCUT2D eigenvalue weighted by atomic mass is 10.1. The van der Waals surface area contributed by atoms with Crippen molar-refractivity contribution in [2.24, 2.45) is 0 Å². The first-order valence-electron chi connectivity index (χ1n) is 5.50. The van der Waals surface area contributed by atoms with Crippen LogP contribution < -0.4 is 10.3 Å². The van der Waals surface area contributed by atoms with E-state index in [0.717, 1.165) is 5.69 Å². The number of ether oxygens (including phenoxy) is 2. The highest BCUT2D eigenvalue weighted by Gasteiger charge is 2.18. The summed E-state index contributed by atoms with van der Waals surface area (Å²) in [5.74, 6) is 0.346. The molecule has 2 aromatic rings. The number of hydrogen-bond acceptors (Lipinski definition) is 5. The second-order valence-electron chi connectivity index (χ2n) is 3.74. The Kier molecular flexibility index (Phi) is 2.32. The maximum Gasteiger partial charge on any atom is 0.312 e. The fraction of sp³-hybridized carbons (Fsp3) is 0.500. The molecule has 0 unspecified atom stereocenters. The zero-order valence-electron chi connectivity index (χ0n) is 9.39. The SMILES string of the molecule is CCOc1nc2nc3c(c(=O)n2[nH]1)COCC3. The van der Waals surface area contributed by atoms with E-state index in [-0.39, 0.29) is 5.56 Å². The maximum atomic E-state index is 12.1. The predicted octanol–water partition coefficient (Wildman–Crippen LogP) is -0.111. The molecular formula is C10H12N4O3. The second kappa shape index (κ2) is 3.85. The molecule has 90 valence electrons. The minimum Gasteiger partial charge on any atom is -0.464 e. The molecule has 0 amide bonds. The van der Waals surface area contributed by atoms with Crippen molar-refractivity contribution in [2.75, 3.05) is 13.2 Å². The minimum absolute atomic E-state index is 0.164. The Bertz CT molecular complexity index is 616. The first-order valence-corrected chi connectivity index (χ1v) is 5.50. The normalized spacial score (nSPS) is 14.9. The Labute approximate surface area is 96.4 Å². The fourth-order valence-corrected chi connectivity index (χ4v) is 1.87. The number of nitrogens with one attached hydrogen (secondary N) is 1. The number of aromatic nitrogens is 4. The van der Waals surface area contributed by atoms with Crippen LogP contribution in [0.2, 0.25) is 0 Å². The molecule has 0 aromatic carbocycles. The van der Waals surface area contributed by atoms with Gasteiger partial charge in [-0.2, -0.15) is 9.50 Å². The predicted molar refractivity (Wildman–Crippen MR) is 58.1 cm³/mol. The molecule has 0 spiro atoms. The van der Waals surface area contributed by atoms with Crippen LogP contribution in [0.25, 0.3) is 5.78 Å². The molecule has 7 heteroatoms. The van der Waals surface area contributed by atoms with E-state index in [9.17, 15) is 4.79 Å². The summed E-state index contributed by atoms with van der Waals surface area (Å²) in [5, 5.41) is 2.77. The van der Waals surface area contributed by atoms with Gasteiger partial charge in [0.2, 0.25) is 0 Å². The van der Waals surface area contributed by atoms with Gasteiger partial charge in [0.25, 0.3) is 11.3 Å². The van der Waals surface area contributed by atoms with Crippen LogP contribution in [-0.4, -0.2) is 32.8 Å². The van der Waals surface area contributed by atoms with Crippen LogP contribution in [0, 0.1) is 0 Å². The number of H-pyrrole nitrogens is 1. The molecule has 17 heavy (non-hydrogen) atoms. The number of rotatable bonds is 2. The molecule has 1 N–H and O–H groups in total. The highest BCUT2D eigenvalue weighted by molar-refractivity contribution is 5.34. The van der Waals surface area contributed by atoms with E-state index in [1.807, 2.05) is 6.92 Å². The van der Waals surface area contributed by atoms with Crippen LogP contribution in [0.15, 0.2) is 4.79 Å². The van der Waals surface area contributed by atoms with Crippen LogP contribution in [0.4, 0.5) is 0 Å². The molecule has 0 radical (unpaired) electrons. The lowest BCUT2D eigenvalue weighted by Gasteiger charge is -2.13. The van der Waals surface area contributed by atoms with Crippen molar-refractivity contribution in [3.8, 4) is 6.01 Å². The Morgan fingerprint density at radius 2 is 2.41 bits per heavy atom. The number of aromatic amines is 1. The van der Waals surface area contributed by atoms with Gasteiger partial charge in [-0.05, 0) is 6.92 Å². The molecule has 0 saturated heterocycles. The van der Waals surface area contributed by atoms with Crippen molar-refractivity contribution in [1.29, 1.82) is 0 Å². The molecule has 3 rings (SSSR count). The van der Waals surface area contributed by atoms with Crippen LogP contribution in [-0.2, 0) is 17.8 Å². The van der Waals surface area contributed by atoms with Gasteiger partial charge >= 0.3 is 6.01 Å². The van der Waals surface area contributed by atoms with E-state index in [2.05, 4.69) is 15.1 Å². The van der Waals surface area contributed by atoms with Crippen LogP contribution >= 0.6 is 0 Å². The monoisotopic (exact) mass is 236 g/mol.